The Morgan fingerprint density at radius 1 is 1.07 bits per heavy atom. The minimum atomic E-state index is -0.0318. The Morgan fingerprint density at radius 2 is 1.93 bits per heavy atom. The van der Waals surface area contributed by atoms with Crippen molar-refractivity contribution in [2.45, 2.75) is 6.42 Å². The zero-order valence-corrected chi connectivity index (χ0v) is 15.4. The van der Waals surface area contributed by atoms with E-state index in [1.54, 1.807) is 6.20 Å². The highest BCUT2D eigenvalue weighted by molar-refractivity contribution is 5.97. The zero-order chi connectivity index (χ0) is 18.9. The summed E-state index contributed by atoms with van der Waals surface area (Å²) in [4.78, 5) is 27.1. The third kappa shape index (κ3) is 3.03. The standard InChI is InChI=1S/C21H21N5O2/c27-21-15-13-18(24-16(15)5-8-23-21)17-6-7-22-20(25-17)14-3-1-2-4-19(14)26-9-11-28-12-10-26/h1-4,6-7,13,24H,5,8-12H2,(H,23,27). The first-order valence-corrected chi connectivity index (χ1v) is 9.55. The summed E-state index contributed by atoms with van der Waals surface area (Å²) in [5.74, 6) is 0.646. The van der Waals surface area contributed by atoms with E-state index in [0.29, 0.717) is 17.9 Å². The number of para-hydroxylation sites is 1. The number of benzene rings is 1. The van der Waals surface area contributed by atoms with Crippen LogP contribution in [0.3, 0.4) is 0 Å². The van der Waals surface area contributed by atoms with E-state index in [0.717, 1.165) is 61.1 Å². The van der Waals surface area contributed by atoms with Crippen LogP contribution in [-0.2, 0) is 11.2 Å². The summed E-state index contributed by atoms with van der Waals surface area (Å²) in [6.07, 6.45) is 2.58. The maximum absolute atomic E-state index is 12.1. The molecule has 2 N–H and O–H groups in total. The first kappa shape index (κ1) is 16.9. The van der Waals surface area contributed by atoms with Gasteiger partial charge in [0.2, 0.25) is 0 Å². The van der Waals surface area contributed by atoms with E-state index < -0.39 is 0 Å². The van der Waals surface area contributed by atoms with E-state index in [9.17, 15) is 4.79 Å². The minimum absolute atomic E-state index is 0.0318. The van der Waals surface area contributed by atoms with Gasteiger partial charge in [-0.05, 0) is 24.3 Å². The van der Waals surface area contributed by atoms with Crippen molar-refractivity contribution in [2.24, 2.45) is 0 Å². The SMILES string of the molecule is O=C1NCCc2[nH]c(-c3ccnc(-c4ccccc4N4CCOCC4)n3)cc21. The molecule has 0 radical (unpaired) electrons. The van der Waals surface area contributed by atoms with Gasteiger partial charge < -0.3 is 19.9 Å². The number of carbonyl (C=O) groups is 1. The summed E-state index contributed by atoms with van der Waals surface area (Å²) < 4.78 is 5.48. The fraction of sp³-hybridized carbons (Fsp3) is 0.286. The molecule has 1 amide bonds. The highest BCUT2D eigenvalue weighted by Gasteiger charge is 2.21. The van der Waals surface area contributed by atoms with Crippen molar-refractivity contribution in [3.8, 4) is 22.8 Å². The van der Waals surface area contributed by atoms with Crippen LogP contribution in [0.25, 0.3) is 22.8 Å². The van der Waals surface area contributed by atoms with Gasteiger partial charge in [0.1, 0.15) is 0 Å². The second-order valence-corrected chi connectivity index (χ2v) is 6.96. The molecule has 0 atom stereocenters. The molecule has 5 rings (SSSR count). The van der Waals surface area contributed by atoms with Crippen molar-refractivity contribution in [3.05, 3.63) is 53.9 Å². The molecule has 28 heavy (non-hydrogen) atoms. The number of aromatic amines is 1. The van der Waals surface area contributed by atoms with Gasteiger partial charge in [0.15, 0.2) is 5.82 Å². The van der Waals surface area contributed by atoms with E-state index in [-0.39, 0.29) is 5.91 Å². The topological polar surface area (TPSA) is 83.1 Å². The number of aromatic nitrogens is 3. The molecule has 2 aliphatic rings. The number of H-pyrrole nitrogens is 1. The van der Waals surface area contributed by atoms with Crippen LogP contribution >= 0.6 is 0 Å². The van der Waals surface area contributed by atoms with Crippen LogP contribution in [0.1, 0.15) is 16.1 Å². The van der Waals surface area contributed by atoms with Crippen LogP contribution in [0.15, 0.2) is 42.6 Å². The Morgan fingerprint density at radius 3 is 2.79 bits per heavy atom. The molecule has 0 spiro atoms. The van der Waals surface area contributed by atoms with Gasteiger partial charge in [0, 0.05) is 49.2 Å². The molecule has 142 valence electrons. The number of carbonyl (C=O) groups excluding carboxylic acids is 1. The second-order valence-electron chi connectivity index (χ2n) is 6.96. The van der Waals surface area contributed by atoms with Gasteiger partial charge in [-0.25, -0.2) is 9.97 Å². The lowest BCUT2D eigenvalue weighted by atomic mass is 10.1. The summed E-state index contributed by atoms with van der Waals surface area (Å²) in [6.45, 7) is 3.83. The molecule has 0 bridgehead atoms. The maximum atomic E-state index is 12.1. The summed E-state index contributed by atoms with van der Waals surface area (Å²) in [5.41, 5.74) is 5.41. The van der Waals surface area contributed by atoms with Gasteiger partial charge in [-0.15, -0.1) is 0 Å². The summed E-state index contributed by atoms with van der Waals surface area (Å²) in [7, 11) is 0. The predicted octanol–water partition coefficient (Wildman–Crippen LogP) is 2.26. The third-order valence-electron chi connectivity index (χ3n) is 5.23. The quantitative estimate of drug-likeness (QED) is 0.734. The summed E-state index contributed by atoms with van der Waals surface area (Å²) in [5, 5.41) is 2.88. The smallest absolute Gasteiger partial charge is 0.253 e. The third-order valence-corrected chi connectivity index (χ3v) is 5.23. The summed E-state index contributed by atoms with van der Waals surface area (Å²) >= 11 is 0. The molecule has 2 aliphatic heterocycles. The Balaban J connectivity index is 1.53. The van der Waals surface area contributed by atoms with Crippen LogP contribution in [0.5, 0.6) is 0 Å². The Bertz CT molecular complexity index is 1020. The average molecular weight is 375 g/mol. The number of ether oxygens (including phenoxy) is 1. The number of nitrogens with zero attached hydrogens (tertiary/aromatic N) is 3. The lowest BCUT2D eigenvalue weighted by Crippen LogP contribution is -2.36. The molecule has 7 heteroatoms. The fourth-order valence-electron chi connectivity index (χ4n) is 3.81. The number of hydrogen-bond donors (Lipinski definition) is 2. The maximum Gasteiger partial charge on any atom is 0.253 e. The van der Waals surface area contributed by atoms with Gasteiger partial charge in [-0.3, -0.25) is 4.79 Å². The largest absolute Gasteiger partial charge is 0.378 e. The number of fused-ring (bicyclic) bond motifs is 1. The summed E-state index contributed by atoms with van der Waals surface area (Å²) in [6, 6.07) is 12.0. The van der Waals surface area contributed by atoms with E-state index in [1.165, 1.54) is 0 Å². The molecule has 7 nitrogen and oxygen atoms in total. The second kappa shape index (κ2) is 7.09. The number of amides is 1. The van der Waals surface area contributed by atoms with Gasteiger partial charge in [0.25, 0.3) is 5.91 Å². The molecule has 2 aromatic heterocycles. The fourth-order valence-corrected chi connectivity index (χ4v) is 3.81. The highest BCUT2D eigenvalue weighted by atomic mass is 16.5. The van der Waals surface area contributed by atoms with Crippen molar-refractivity contribution < 1.29 is 9.53 Å². The molecule has 0 unspecified atom stereocenters. The van der Waals surface area contributed by atoms with Crippen molar-refractivity contribution in [2.75, 3.05) is 37.7 Å². The molecule has 0 aliphatic carbocycles. The lowest BCUT2D eigenvalue weighted by Gasteiger charge is -2.30. The average Bonchev–Trinajstić information content (AvgIpc) is 3.20. The Hall–Kier alpha value is -3.19. The molecule has 1 fully saturated rings. The van der Waals surface area contributed by atoms with Crippen LogP contribution in [0, 0.1) is 0 Å². The Kier molecular flexibility index (Phi) is 4.29. The van der Waals surface area contributed by atoms with E-state index >= 15 is 0 Å². The highest BCUT2D eigenvalue weighted by Crippen LogP contribution is 2.30. The number of morpholine rings is 1. The molecule has 1 saturated heterocycles. The lowest BCUT2D eigenvalue weighted by molar-refractivity contribution is 0.0946. The van der Waals surface area contributed by atoms with Crippen LogP contribution in [-0.4, -0.2) is 53.7 Å². The first-order valence-electron chi connectivity index (χ1n) is 9.55. The van der Waals surface area contributed by atoms with Gasteiger partial charge in [-0.1, -0.05) is 12.1 Å². The van der Waals surface area contributed by atoms with Crippen molar-refractivity contribution in [1.82, 2.24) is 20.3 Å². The van der Waals surface area contributed by atoms with Gasteiger partial charge in [0.05, 0.1) is 30.2 Å². The molecular weight excluding hydrogens is 354 g/mol. The predicted molar refractivity (Wildman–Crippen MR) is 106 cm³/mol. The number of nitrogens with one attached hydrogen (secondary N) is 2. The van der Waals surface area contributed by atoms with Crippen molar-refractivity contribution in [3.63, 3.8) is 0 Å². The molecular formula is C21H21N5O2. The number of rotatable bonds is 3. The van der Waals surface area contributed by atoms with Crippen molar-refractivity contribution in [1.29, 1.82) is 0 Å². The van der Waals surface area contributed by atoms with Crippen molar-refractivity contribution >= 4 is 11.6 Å². The molecule has 3 aromatic rings. The monoisotopic (exact) mass is 375 g/mol. The van der Waals surface area contributed by atoms with Gasteiger partial charge >= 0.3 is 0 Å². The van der Waals surface area contributed by atoms with E-state index in [2.05, 4.69) is 32.3 Å². The van der Waals surface area contributed by atoms with Crippen LogP contribution in [0.2, 0.25) is 0 Å². The number of hydrogen-bond acceptors (Lipinski definition) is 5. The Labute approximate surface area is 162 Å². The zero-order valence-electron chi connectivity index (χ0n) is 15.4. The van der Waals surface area contributed by atoms with Crippen LogP contribution < -0.4 is 10.2 Å². The first-order chi connectivity index (χ1) is 13.8. The minimum Gasteiger partial charge on any atom is -0.378 e. The molecule has 0 saturated carbocycles. The van der Waals surface area contributed by atoms with Gasteiger partial charge in [-0.2, -0.15) is 0 Å². The van der Waals surface area contributed by atoms with E-state index in [4.69, 9.17) is 9.72 Å². The van der Waals surface area contributed by atoms with E-state index in [1.807, 2.05) is 24.3 Å². The molecule has 4 heterocycles. The molecule has 1 aromatic carbocycles. The number of anilines is 1. The normalized spacial score (nSPS) is 16.6. The van der Waals surface area contributed by atoms with Crippen LogP contribution in [0.4, 0.5) is 5.69 Å².